The molecule has 0 heterocycles. The van der Waals surface area contributed by atoms with Crippen molar-refractivity contribution in [3.05, 3.63) is 0 Å². The SMILES string of the molecule is C[C@H](COCS(C)(=O)=O)NC(=O)OC(C)(C)C. The Hall–Kier alpha value is -0.820. The van der Waals surface area contributed by atoms with Gasteiger partial charge in [-0.15, -0.1) is 0 Å². The zero-order valence-corrected chi connectivity index (χ0v) is 11.8. The molecule has 0 aromatic heterocycles. The van der Waals surface area contributed by atoms with Crippen LogP contribution in [0.15, 0.2) is 0 Å². The number of hydrogen-bond donors (Lipinski definition) is 1. The molecule has 7 heteroatoms. The summed E-state index contributed by atoms with van der Waals surface area (Å²) >= 11 is 0. The Morgan fingerprint density at radius 3 is 2.29 bits per heavy atom. The van der Waals surface area contributed by atoms with E-state index in [9.17, 15) is 13.2 Å². The van der Waals surface area contributed by atoms with Crippen LogP contribution >= 0.6 is 0 Å². The van der Waals surface area contributed by atoms with Gasteiger partial charge in [0.1, 0.15) is 11.5 Å². The van der Waals surface area contributed by atoms with E-state index in [4.69, 9.17) is 9.47 Å². The number of hydrogen-bond acceptors (Lipinski definition) is 5. The van der Waals surface area contributed by atoms with Crippen LogP contribution in [0.1, 0.15) is 27.7 Å². The van der Waals surface area contributed by atoms with Crippen LogP contribution in [-0.2, 0) is 19.3 Å². The minimum Gasteiger partial charge on any atom is -0.444 e. The van der Waals surface area contributed by atoms with Crippen molar-refractivity contribution in [3.63, 3.8) is 0 Å². The van der Waals surface area contributed by atoms with Gasteiger partial charge in [0.05, 0.1) is 12.6 Å². The zero-order valence-electron chi connectivity index (χ0n) is 10.9. The summed E-state index contributed by atoms with van der Waals surface area (Å²) in [5, 5.41) is 2.54. The Kier molecular flexibility index (Phi) is 5.91. The highest BCUT2D eigenvalue weighted by Crippen LogP contribution is 2.06. The van der Waals surface area contributed by atoms with Gasteiger partial charge in [-0.25, -0.2) is 13.2 Å². The van der Waals surface area contributed by atoms with Gasteiger partial charge in [0.2, 0.25) is 0 Å². The van der Waals surface area contributed by atoms with Crippen molar-refractivity contribution in [3.8, 4) is 0 Å². The fourth-order valence-corrected chi connectivity index (χ4v) is 1.33. The first-order valence-electron chi connectivity index (χ1n) is 5.24. The van der Waals surface area contributed by atoms with Gasteiger partial charge < -0.3 is 14.8 Å². The van der Waals surface area contributed by atoms with E-state index in [2.05, 4.69) is 5.32 Å². The van der Waals surface area contributed by atoms with E-state index in [0.717, 1.165) is 6.26 Å². The Bertz CT molecular complexity index is 344. The monoisotopic (exact) mass is 267 g/mol. The molecule has 0 fully saturated rings. The zero-order chi connectivity index (χ0) is 13.7. The highest BCUT2D eigenvalue weighted by atomic mass is 32.2. The van der Waals surface area contributed by atoms with Crippen molar-refractivity contribution < 1.29 is 22.7 Å². The minimum absolute atomic E-state index is 0.117. The van der Waals surface area contributed by atoms with E-state index in [-0.39, 0.29) is 18.6 Å². The lowest BCUT2D eigenvalue weighted by atomic mass is 10.2. The minimum atomic E-state index is -3.14. The molecule has 0 aromatic rings. The van der Waals surface area contributed by atoms with E-state index >= 15 is 0 Å². The molecule has 0 aromatic carbocycles. The van der Waals surface area contributed by atoms with Gasteiger partial charge in [-0.3, -0.25) is 0 Å². The summed E-state index contributed by atoms with van der Waals surface area (Å²) in [4.78, 5) is 11.3. The quantitative estimate of drug-likeness (QED) is 0.801. The fourth-order valence-electron chi connectivity index (χ4n) is 0.927. The molecule has 0 unspecified atom stereocenters. The van der Waals surface area contributed by atoms with Crippen LogP contribution in [0.5, 0.6) is 0 Å². The number of sulfone groups is 1. The standard InChI is InChI=1S/C10H21NO5S/c1-8(6-15-7-17(5,13)14)11-9(12)16-10(2,3)4/h8H,6-7H2,1-5H3,(H,11,12)/t8-/m1/s1. The third-order valence-corrected chi connectivity index (χ3v) is 2.02. The molecular weight excluding hydrogens is 246 g/mol. The summed E-state index contributed by atoms with van der Waals surface area (Å²) in [6, 6.07) is -0.313. The Labute approximate surface area is 103 Å². The van der Waals surface area contributed by atoms with Crippen LogP contribution < -0.4 is 5.32 Å². The normalized spacial score (nSPS) is 14.2. The molecule has 0 rings (SSSR count). The molecule has 0 aliphatic carbocycles. The number of carbonyl (C=O) groups is 1. The van der Waals surface area contributed by atoms with Crippen molar-refractivity contribution in [2.24, 2.45) is 0 Å². The number of alkyl carbamates (subject to hydrolysis) is 1. The van der Waals surface area contributed by atoms with E-state index in [1.807, 2.05) is 0 Å². The first-order valence-corrected chi connectivity index (χ1v) is 7.30. The van der Waals surface area contributed by atoms with Crippen LogP contribution in [0.3, 0.4) is 0 Å². The number of rotatable bonds is 5. The van der Waals surface area contributed by atoms with Crippen molar-refractivity contribution in [1.29, 1.82) is 0 Å². The average Bonchev–Trinajstić information content (AvgIpc) is 1.96. The van der Waals surface area contributed by atoms with Crippen molar-refractivity contribution >= 4 is 15.9 Å². The second-order valence-corrected chi connectivity index (χ2v) is 7.05. The Morgan fingerprint density at radius 2 is 1.88 bits per heavy atom. The molecule has 0 spiro atoms. The molecule has 1 atom stereocenters. The molecule has 1 N–H and O–H groups in total. The molecule has 6 nitrogen and oxygen atoms in total. The lowest BCUT2D eigenvalue weighted by Crippen LogP contribution is -2.40. The summed E-state index contributed by atoms with van der Waals surface area (Å²) in [5.74, 6) is -0.354. The topological polar surface area (TPSA) is 81.7 Å². The second-order valence-electron chi connectivity index (χ2n) is 4.96. The molecule has 0 aliphatic rings. The molecule has 0 saturated carbocycles. The Morgan fingerprint density at radius 1 is 1.35 bits per heavy atom. The highest BCUT2D eigenvalue weighted by molar-refractivity contribution is 7.90. The van der Waals surface area contributed by atoms with E-state index in [0.29, 0.717) is 0 Å². The summed E-state index contributed by atoms with van der Waals surface area (Å²) in [5.41, 5.74) is -0.558. The first-order chi connectivity index (χ1) is 7.49. The van der Waals surface area contributed by atoms with Gasteiger partial charge in [0, 0.05) is 6.26 Å². The number of amides is 1. The number of ether oxygens (including phenoxy) is 2. The van der Waals surface area contributed by atoms with Crippen LogP contribution in [0.2, 0.25) is 0 Å². The van der Waals surface area contributed by atoms with E-state index in [1.54, 1.807) is 27.7 Å². The van der Waals surface area contributed by atoms with Gasteiger partial charge in [-0.05, 0) is 27.7 Å². The smallest absolute Gasteiger partial charge is 0.407 e. The molecule has 0 radical (unpaired) electrons. The number of carbonyl (C=O) groups excluding carboxylic acids is 1. The second kappa shape index (κ2) is 6.20. The van der Waals surface area contributed by atoms with Gasteiger partial charge in [0.25, 0.3) is 0 Å². The van der Waals surface area contributed by atoms with Gasteiger partial charge in [-0.2, -0.15) is 0 Å². The van der Waals surface area contributed by atoms with Crippen molar-refractivity contribution in [1.82, 2.24) is 5.32 Å². The summed E-state index contributed by atoms with van der Waals surface area (Å²) in [7, 11) is -3.14. The van der Waals surface area contributed by atoms with Crippen molar-refractivity contribution in [2.45, 2.75) is 39.3 Å². The molecule has 1 amide bonds. The maximum absolute atomic E-state index is 11.3. The summed E-state index contributed by atoms with van der Waals surface area (Å²) in [6.07, 6.45) is 0.534. The van der Waals surface area contributed by atoms with Gasteiger partial charge >= 0.3 is 6.09 Å². The maximum Gasteiger partial charge on any atom is 0.407 e. The van der Waals surface area contributed by atoms with Crippen LogP contribution in [0, 0.1) is 0 Å². The van der Waals surface area contributed by atoms with Crippen LogP contribution in [-0.4, -0.2) is 45.0 Å². The average molecular weight is 267 g/mol. The Balaban J connectivity index is 3.87. The fraction of sp³-hybridized carbons (Fsp3) is 0.900. The lowest BCUT2D eigenvalue weighted by Gasteiger charge is -2.21. The third-order valence-electron chi connectivity index (χ3n) is 1.43. The van der Waals surface area contributed by atoms with Gasteiger partial charge in [-0.1, -0.05) is 0 Å². The number of nitrogens with one attached hydrogen (secondary N) is 1. The molecule has 0 bridgehead atoms. The molecule has 0 saturated heterocycles. The maximum atomic E-state index is 11.3. The molecule has 0 aliphatic heterocycles. The van der Waals surface area contributed by atoms with E-state index < -0.39 is 21.5 Å². The predicted molar refractivity (Wildman–Crippen MR) is 64.5 cm³/mol. The summed E-state index contributed by atoms with van der Waals surface area (Å²) < 4.78 is 31.5. The van der Waals surface area contributed by atoms with Crippen LogP contribution in [0.4, 0.5) is 4.79 Å². The highest BCUT2D eigenvalue weighted by Gasteiger charge is 2.17. The van der Waals surface area contributed by atoms with E-state index in [1.165, 1.54) is 0 Å². The van der Waals surface area contributed by atoms with Gasteiger partial charge in [0.15, 0.2) is 9.84 Å². The predicted octanol–water partition coefficient (Wildman–Crippen LogP) is 0.918. The third kappa shape index (κ3) is 11.4. The lowest BCUT2D eigenvalue weighted by molar-refractivity contribution is 0.0472. The molecule has 17 heavy (non-hydrogen) atoms. The largest absolute Gasteiger partial charge is 0.444 e. The first kappa shape index (κ1) is 16.2. The summed E-state index contributed by atoms with van der Waals surface area (Å²) in [6.45, 7) is 7.10. The molecular formula is C10H21NO5S. The van der Waals surface area contributed by atoms with Crippen LogP contribution in [0.25, 0.3) is 0 Å². The molecule has 102 valence electrons. The van der Waals surface area contributed by atoms with Crippen molar-refractivity contribution in [2.75, 3.05) is 18.8 Å².